The number of hydrogen-bond donors (Lipinski definition) is 1. The zero-order chi connectivity index (χ0) is 15.0. The van der Waals surface area contributed by atoms with Gasteiger partial charge in [0, 0.05) is 7.05 Å². The lowest BCUT2D eigenvalue weighted by Crippen LogP contribution is -2.42. The molecule has 0 aliphatic carbocycles. The first-order valence-electron chi connectivity index (χ1n) is 6.83. The number of nitrogens with one attached hydrogen (secondary N) is 1. The van der Waals surface area contributed by atoms with Gasteiger partial charge in [-0.05, 0) is 11.1 Å². The summed E-state index contributed by atoms with van der Waals surface area (Å²) in [5.41, 5.74) is 1.81. The lowest BCUT2D eigenvalue weighted by atomic mass is 9.91. The van der Waals surface area contributed by atoms with Crippen molar-refractivity contribution in [2.75, 3.05) is 20.2 Å². The Morgan fingerprint density at radius 3 is 2.86 bits per heavy atom. The molecule has 0 spiro atoms. The van der Waals surface area contributed by atoms with Crippen LogP contribution in [0, 0.1) is 0 Å². The van der Waals surface area contributed by atoms with Crippen LogP contribution in [-0.2, 0) is 9.63 Å². The molecule has 3 rings (SSSR count). The highest BCUT2D eigenvalue weighted by atomic mass is 16.7. The fourth-order valence-electron chi connectivity index (χ4n) is 2.97. The summed E-state index contributed by atoms with van der Waals surface area (Å²) < 4.78 is 0. The zero-order valence-electron chi connectivity index (χ0n) is 11.8. The summed E-state index contributed by atoms with van der Waals surface area (Å²) >= 11 is 0. The van der Waals surface area contributed by atoms with Crippen molar-refractivity contribution >= 4 is 11.9 Å². The molecule has 3 amide bonds. The second-order valence-electron chi connectivity index (χ2n) is 5.01. The second kappa shape index (κ2) is 5.21. The standard InChI is InChI=1S/C15H17N3O3/c1-3-8-21-18-12-9-17(15(18)20)13(14(19)16-2)11-7-5-4-6-10(11)12/h3-7,12-13H,1,8-9H2,2H3,(H,16,19). The maximum atomic E-state index is 12.5. The maximum absolute atomic E-state index is 12.5. The molecule has 2 atom stereocenters. The fourth-order valence-corrected chi connectivity index (χ4v) is 2.97. The molecular formula is C15H17N3O3. The molecule has 2 bridgehead atoms. The molecule has 1 N–H and O–H groups in total. The van der Waals surface area contributed by atoms with Gasteiger partial charge < -0.3 is 10.2 Å². The van der Waals surface area contributed by atoms with Gasteiger partial charge in [-0.3, -0.25) is 9.63 Å². The summed E-state index contributed by atoms with van der Waals surface area (Å²) in [6, 6.07) is 6.53. The number of amides is 3. The molecule has 2 aliphatic rings. The number of fused-ring (bicyclic) bond motifs is 4. The lowest BCUT2D eigenvalue weighted by Gasteiger charge is -2.31. The van der Waals surface area contributed by atoms with Gasteiger partial charge in [-0.1, -0.05) is 30.3 Å². The van der Waals surface area contributed by atoms with Crippen molar-refractivity contribution in [1.29, 1.82) is 0 Å². The van der Waals surface area contributed by atoms with Crippen LogP contribution in [0.15, 0.2) is 36.9 Å². The monoisotopic (exact) mass is 287 g/mol. The zero-order valence-corrected chi connectivity index (χ0v) is 11.8. The number of carbonyl (C=O) groups is 2. The Labute approximate surface area is 122 Å². The van der Waals surface area contributed by atoms with Gasteiger partial charge in [-0.2, -0.15) is 5.06 Å². The number of carbonyl (C=O) groups excluding carboxylic acids is 2. The SMILES string of the molecule is C=CCON1C(=O)N2CC1c1ccccc1C2C(=O)NC. The van der Waals surface area contributed by atoms with Crippen molar-refractivity contribution in [2.24, 2.45) is 0 Å². The summed E-state index contributed by atoms with van der Waals surface area (Å²) in [4.78, 5) is 31.7. The number of likely N-dealkylation sites (N-methyl/N-ethyl adjacent to an activating group) is 1. The largest absolute Gasteiger partial charge is 0.357 e. The molecule has 1 fully saturated rings. The Hall–Kier alpha value is -2.34. The molecule has 1 aromatic rings. The minimum absolute atomic E-state index is 0.186. The van der Waals surface area contributed by atoms with Gasteiger partial charge in [0.2, 0.25) is 5.91 Å². The molecule has 0 saturated carbocycles. The van der Waals surface area contributed by atoms with Gasteiger partial charge in [0.15, 0.2) is 0 Å². The van der Waals surface area contributed by atoms with Gasteiger partial charge in [-0.25, -0.2) is 4.79 Å². The predicted molar refractivity (Wildman–Crippen MR) is 76.1 cm³/mol. The van der Waals surface area contributed by atoms with Crippen LogP contribution < -0.4 is 5.32 Å². The van der Waals surface area contributed by atoms with Crippen LogP contribution in [0.1, 0.15) is 23.2 Å². The van der Waals surface area contributed by atoms with Gasteiger partial charge >= 0.3 is 6.03 Å². The van der Waals surface area contributed by atoms with E-state index in [1.54, 1.807) is 18.0 Å². The highest BCUT2D eigenvalue weighted by Crippen LogP contribution is 2.43. The molecule has 0 aromatic heterocycles. The number of hydroxylamine groups is 2. The molecule has 1 saturated heterocycles. The first kappa shape index (κ1) is 13.6. The molecule has 6 nitrogen and oxygen atoms in total. The molecule has 110 valence electrons. The quantitative estimate of drug-likeness (QED) is 0.851. The number of hydrogen-bond acceptors (Lipinski definition) is 3. The van der Waals surface area contributed by atoms with Crippen LogP contribution in [0.2, 0.25) is 0 Å². The number of nitrogens with zero attached hydrogens (tertiary/aromatic N) is 2. The molecule has 2 aliphatic heterocycles. The number of urea groups is 1. The Bertz CT molecular complexity index is 602. The van der Waals surface area contributed by atoms with Crippen LogP contribution in [-0.4, -0.2) is 42.1 Å². The van der Waals surface area contributed by atoms with Crippen molar-refractivity contribution < 1.29 is 14.4 Å². The van der Waals surface area contributed by atoms with Crippen LogP contribution >= 0.6 is 0 Å². The topological polar surface area (TPSA) is 61.9 Å². The maximum Gasteiger partial charge on any atom is 0.345 e. The van der Waals surface area contributed by atoms with Crippen molar-refractivity contribution in [3.05, 3.63) is 48.0 Å². The van der Waals surface area contributed by atoms with Gasteiger partial charge in [-0.15, -0.1) is 6.58 Å². The molecule has 0 radical (unpaired) electrons. The number of benzene rings is 1. The Morgan fingerprint density at radius 2 is 2.19 bits per heavy atom. The van der Waals surface area contributed by atoms with Crippen LogP contribution in [0.25, 0.3) is 0 Å². The first-order valence-corrected chi connectivity index (χ1v) is 6.83. The van der Waals surface area contributed by atoms with E-state index >= 15 is 0 Å². The summed E-state index contributed by atoms with van der Waals surface area (Å²) in [5, 5.41) is 3.98. The molecule has 1 aromatic carbocycles. The highest BCUT2D eigenvalue weighted by Gasteiger charge is 2.50. The molecular weight excluding hydrogens is 270 g/mol. The molecule has 21 heavy (non-hydrogen) atoms. The smallest absolute Gasteiger partial charge is 0.345 e. The van der Waals surface area contributed by atoms with E-state index in [2.05, 4.69) is 11.9 Å². The summed E-state index contributed by atoms with van der Waals surface area (Å²) in [6.45, 7) is 4.29. The summed E-state index contributed by atoms with van der Waals surface area (Å²) in [5.74, 6) is -0.195. The fraction of sp³-hybridized carbons (Fsp3) is 0.333. The van der Waals surface area contributed by atoms with Crippen LogP contribution in [0.4, 0.5) is 4.79 Å². The number of rotatable bonds is 4. The van der Waals surface area contributed by atoms with Gasteiger partial charge in [0.25, 0.3) is 0 Å². The van der Waals surface area contributed by atoms with E-state index in [0.29, 0.717) is 6.54 Å². The Morgan fingerprint density at radius 1 is 1.48 bits per heavy atom. The first-order chi connectivity index (χ1) is 10.2. The molecule has 2 unspecified atom stereocenters. The molecule has 2 heterocycles. The van der Waals surface area contributed by atoms with Crippen molar-refractivity contribution in [3.8, 4) is 0 Å². The van der Waals surface area contributed by atoms with E-state index in [4.69, 9.17) is 4.84 Å². The van der Waals surface area contributed by atoms with E-state index in [1.165, 1.54) is 5.06 Å². The minimum Gasteiger partial charge on any atom is -0.357 e. The van der Waals surface area contributed by atoms with Crippen molar-refractivity contribution in [1.82, 2.24) is 15.3 Å². The second-order valence-corrected chi connectivity index (χ2v) is 5.01. The van der Waals surface area contributed by atoms with Gasteiger partial charge in [0.1, 0.15) is 12.1 Å². The average molecular weight is 287 g/mol. The average Bonchev–Trinajstić information content (AvgIpc) is 2.79. The lowest BCUT2D eigenvalue weighted by molar-refractivity contribution is -0.125. The minimum atomic E-state index is -0.604. The third-order valence-electron chi connectivity index (χ3n) is 3.87. The summed E-state index contributed by atoms with van der Waals surface area (Å²) in [7, 11) is 1.57. The third kappa shape index (κ3) is 1.99. The van der Waals surface area contributed by atoms with E-state index < -0.39 is 6.04 Å². The van der Waals surface area contributed by atoms with E-state index in [0.717, 1.165) is 11.1 Å². The van der Waals surface area contributed by atoms with Gasteiger partial charge in [0.05, 0.1) is 13.2 Å². The Balaban J connectivity index is 2.05. The highest BCUT2D eigenvalue weighted by molar-refractivity contribution is 5.90. The molecule has 6 heteroatoms. The van der Waals surface area contributed by atoms with Crippen LogP contribution in [0.3, 0.4) is 0 Å². The predicted octanol–water partition coefficient (Wildman–Crippen LogP) is 1.38. The van der Waals surface area contributed by atoms with Crippen LogP contribution in [0.5, 0.6) is 0 Å². The van der Waals surface area contributed by atoms with E-state index in [1.807, 2.05) is 24.3 Å². The van der Waals surface area contributed by atoms with Crippen molar-refractivity contribution in [3.63, 3.8) is 0 Å². The Kier molecular flexibility index (Phi) is 3.39. The van der Waals surface area contributed by atoms with E-state index in [-0.39, 0.29) is 24.6 Å². The van der Waals surface area contributed by atoms with Crippen molar-refractivity contribution in [2.45, 2.75) is 12.1 Å². The van der Waals surface area contributed by atoms with E-state index in [9.17, 15) is 9.59 Å². The normalized spacial score (nSPS) is 23.0. The third-order valence-corrected chi connectivity index (χ3v) is 3.87. The summed E-state index contributed by atoms with van der Waals surface area (Å²) in [6.07, 6.45) is 1.59.